The van der Waals surface area contributed by atoms with Crippen LogP contribution in [0.1, 0.15) is 18.5 Å². The van der Waals surface area contributed by atoms with E-state index in [2.05, 4.69) is 5.32 Å². The maximum atomic E-state index is 12.1. The summed E-state index contributed by atoms with van der Waals surface area (Å²) < 4.78 is 6.75. The molecule has 5 heteroatoms. The van der Waals surface area contributed by atoms with Crippen LogP contribution >= 0.6 is 0 Å². The van der Waals surface area contributed by atoms with Crippen LogP contribution in [0.15, 0.2) is 48.8 Å². The van der Waals surface area contributed by atoms with Crippen molar-refractivity contribution in [2.24, 2.45) is 0 Å². The quantitative estimate of drug-likeness (QED) is 0.821. The van der Waals surface area contributed by atoms with Crippen molar-refractivity contribution in [3.63, 3.8) is 0 Å². The second-order valence-electron chi connectivity index (χ2n) is 4.75. The Morgan fingerprint density at radius 2 is 2.05 bits per heavy atom. The number of pyridine rings is 1. The minimum Gasteiger partial charge on any atom is -0.503 e. The molecule has 21 heavy (non-hydrogen) atoms. The number of ether oxygens (including phenoxy) is 1. The van der Waals surface area contributed by atoms with Gasteiger partial charge < -0.3 is 15.2 Å². The van der Waals surface area contributed by atoms with E-state index in [1.54, 1.807) is 36.9 Å². The summed E-state index contributed by atoms with van der Waals surface area (Å²) in [5.41, 5.74) is 0.997. The lowest BCUT2D eigenvalue weighted by Gasteiger charge is -2.09. The fraction of sp³-hybridized carbons (Fsp3) is 0.250. The van der Waals surface area contributed by atoms with Gasteiger partial charge >= 0.3 is 0 Å². The molecule has 1 amide bonds. The average Bonchev–Trinajstić information content (AvgIpc) is 2.52. The first kappa shape index (κ1) is 14.8. The number of nitrogens with zero attached hydrogens (tertiary/aromatic N) is 1. The molecule has 2 rings (SSSR count). The van der Waals surface area contributed by atoms with Gasteiger partial charge in [0.05, 0.1) is 7.11 Å². The first-order valence-electron chi connectivity index (χ1n) is 6.70. The van der Waals surface area contributed by atoms with Crippen molar-refractivity contribution >= 4 is 5.91 Å². The molecule has 1 heterocycles. The van der Waals surface area contributed by atoms with Gasteiger partial charge in [-0.05, 0) is 23.8 Å². The van der Waals surface area contributed by atoms with Gasteiger partial charge in [-0.2, -0.15) is 4.57 Å². The molecule has 0 aliphatic rings. The second kappa shape index (κ2) is 6.74. The summed E-state index contributed by atoms with van der Waals surface area (Å²) in [5.74, 6) is 0.808. The molecule has 5 nitrogen and oxygen atoms in total. The van der Waals surface area contributed by atoms with E-state index < -0.39 is 6.04 Å². The van der Waals surface area contributed by atoms with Gasteiger partial charge in [-0.15, -0.1) is 0 Å². The average molecular weight is 287 g/mol. The minimum absolute atomic E-state index is 0.110. The summed E-state index contributed by atoms with van der Waals surface area (Å²) >= 11 is 0. The van der Waals surface area contributed by atoms with Gasteiger partial charge in [0.2, 0.25) is 12.2 Å². The third kappa shape index (κ3) is 3.95. The van der Waals surface area contributed by atoms with E-state index in [1.165, 1.54) is 6.20 Å². The smallest absolute Gasteiger partial charge is 0.289 e. The van der Waals surface area contributed by atoms with Crippen LogP contribution in [-0.2, 0) is 11.3 Å². The first-order valence-corrected chi connectivity index (χ1v) is 6.70. The molecule has 0 aliphatic heterocycles. The minimum atomic E-state index is -0.393. The third-order valence-electron chi connectivity index (χ3n) is 3.26. The fourth-order valence-electron chi connectivity index (χ4n) is 1.94. The van der Waals surface area contributed by atoms with Gasteiger partial charge in [0, 0.05) is 19.5 Å². The fourth-order valence-corrected chi connectivity index (χ4v) is 1.94. The largest absolute Gasteiger partial charge is 0.503 e. The number of aromatic hydroxyl groups is 1. The van der Waals surface area contributed by atoms with Gasteiger partial charge in [-0.3, -0.25) is 4.79 Å². The molecule has 2 N–H and O–H groups in total. The number of carbonyl (C=O) groups is 1. The third-order valence-corrected chi connectivity index (χ3v) is 3.26. The van der Waals surface area contributed by atoms with Gasteiger partial charge in [0.15, 0.2) is 11.9 Å². The molecule has 1 atom stereocenters. The normalized spacial score (nSPS) is 11.7. The van der Waals surface area contributed by atoms with Crippen molar-refractivity contribution in [1.82, 2.24) is 5.32 Å². The number of benzene rings is 1. The SMILES string of the molecule is COc1ccc(CNC(=O)[C@H](C)[n+]2cccc(O)c2)cc1. The standard InChI is InChI=1S/C16H18N2O3/c1-12(18-9-3-4-14(19)11-18)16(20)17-10-13-5-7-15(21-2)8-6-13/h3-9,11-12H,10H2,1-2H3,(H-,17,19,20)/p+1/t12-/m0/s1. The Labute approximate surface area is 123 Å². The molecule has 110 valence electrons. The number of hydrogen-bond donors (Lipinski definition) is 2. The Morgan fingerprint density at radius 1 is 1.33 bits per heavy atom. The van der Waals surface area contributed by atoms with Gasteiger partial charge in [-0.1, -0.05) is 12.1 Å². The molecule has 1 aromatic carbocycles. The highest BCUT2D eigenvalue weighted by molar-refractivity contribution is 5.78. The summed E-state index contributed by atoms with van der Waals surface area (Å²) in [6.07, 6.45) is 3.27. The summed E-state index contributed by atoms with van der Waals surface area (Å²) in [6.45, 7) is 2.23. The van der Waals surface area contributed by atoms with E-state index >= 15 is 0 Å². The predicted octanol–water partition coefficient (Wildman–Crippen LogP) is 1.57. The van der Waals surface area contributed by atoms with Crippen LogP contribution < -0.4 is 14.6 Å². The molecule has 0 spiro atoms. The summed E-state index contributed by atoms with van der Waals surface area (Å²) in [4.78, 5) is 12.1. The Balaban J connectivity index is 1.94. The molecule has 0 unspecified atom stereocenters. The lowest BCUT2D eigenvalue weighted by Crippen LogP contribution is -2.46. The van der Waals surface area contributed by atoms with Crippen molar-refractivity contribution < 1.29 is 19.2 Å². The Morgan fingerprint density at radius 3 is 2.67 bits per heavy atom. The van der Waals surface area contributed by atoms with Crippen molar-refractivity contribution in [3.8, 4) is 11.5 Å². The lowest BCUT2D eigenvalue weighted by molar-refractivity contribution is -0.706. The van der Waals surface area contributed by atoms with Crippen molar-refractivity contribution in [3.05, 3.63) is 54.4 Å². The molecule has 1 aromatic heterocycles. The molecule has 0 bridgehead atoms. The highest BCUT2D eigenvalue weighted by Gasteiger charge is 2.21. The zero-order chi connectivity index (χ0) is 15.2. The predicted molar refractivity (Wildman–Crippen MR) is 77.9 cm³/mol. The molecular formula is C16H19N2O3+. The highest BCUT2D eigenvalue weighted by atomic mass is 16.5. The van der Waals surface area contributed by atoms with Crippen LogP contribution in [0.3, 0.4) is 0 Å². The Kier molecular flexibility index (Phi) is 4.77. The van der Waals surface area contributed by atoms with E-state index in [-0.39, 0.29) is 11.7 Å². The topological polar surface area (TPSA) is 62.4 Å². The molecule has 0 fully saturated rings. The van der Waals surface area contributed by atoms with Crippen LogP contribution in [0.25, 0.3) is 0 Å². The highest BCUT2D eigenvalue weighted by Crippen LogP contribution is 2.11. The number of carbonyl (C=O) groups excluding carboxylic acids is 1. The molecule has 0 saturated heterocycles. The van der Waals surface area contributed by atoms with Crippen LogP contribution in [0.2, 0.25) is 0 Å². The summed E-state index contributed by atoms with van der Waals surface area (Å²) in [5, 5.41) is 12.3. The van der Waals surface area contributed by atoms with E-state index in [9.17, 15) is 9.90 Å². The van der Waals surface area contributed by atoms with Gasteiger partial charge in [0.1, 0.15) is 5.75 Å². The number of rotatable bonds is 5. The molecule has 2 aromatic rings. The Bertz CT molecular complexity index is 611. The number of aromatic nitrogens is 1. The number of amides is 1. The number of methoxy groups -OCH3 is 1. The van der Waals surface area contributed by atoms with Crippen LogP contribution in [0, 0.1) is 0 Å². The molecular weight excluding hydrogens is 268 g/mol. The maximum Gasteiger partial charge on any atom is 0.289 e. The molecule has 0 radical (unpaired) electrons. The zero-order valence-corrected chi connectivity index (χ0v) is 12.1. The molecule has 0 saturated carbocycles. The van der Waals surface area contributed by atoms with Crippen molar-refractivity contribution in [2.45, 2.75) is 19.5 Å². The maximum absolute atomic E-state index is 12.1. The van der Waals surface area contributed by atoms with E-state index in [1.807, 2.05) is 24.3 Å². The van der Waals surface area contributed by atoms with E-state index in [0.29, 0.717) is 6.54 Å². The van der Waals surface area contributed by atoms with E-state index in [4.69, 9.17) is 4.74 Å². The second-order valence-corrected chi connectivity index (χ2v) is 4.75. The monoisotopic (exact) mass is 287 g/mol. The zero-order valence-electron chi connectivity index (χ0n) is 12.1. The molecule has 0 aliphatic carbocycles. The Hall–Kier alpha value is -2.56. The number of nitrogens with one attached hydrogen (secondary N) is 1. The number of hydrogen-bond acceptors (Lipinski definition) is 3. The van der Waals surface area contributed by atoms with Gasteiger partial charge in [0.25, 0.3) is 5.91 Å². The van der Waals surface area contributed by atoms with E-state index in [0.717, 1.165) is 11.3 Å². The first-order chi connectivity index (χ1) is 10.1. The summed E-state index contributed by atoms with van der Waals surface area (Å²) in [7, 11) is 1.62. The van der Waals surface area contributed by atoms with Crippen molar-refractivity contribution in [1.29, 1.82) is 0 Å². The lowest BCUT2D eigenvalue weighted by atomic mass is 10.2. The van der Waals surface area contributed by atoms with Crippen LogP contribution in [0.4, 0.5) is 0 Å². The van der Waals surface area contributed by atoms with Crippen molar-refractivity contribution in [2.75, 3.05) is 7.11 Å². The van der Waals surface area contributed by atoms with Gasteiger partial charge in [-0.25, -0.2) is 0 Å². The van der Waals surface area contributed by atoms with Crippen LogP contribution in [0.5, 0.6) is 11.5 Å². The van der Waals surface area contributed by atoms with Crippen LogP contribution in [-0.4, -0.2) is 18.1 Å². The summed E-state index contributed by atoms with van der Waals surface area (Å²) in [6, 6.07) is 10.4.